The van der Waals surface area contributed by atoms with Crippen LogP contribution in [0.5, 0.6) is 5.75 Å². The van der Waals surface area contributed by atoms with E-state index in [-0.39, 0.29) is 5.78 Å². The molecule has 6 nitrogen and oxygen atoms in total. The highest BCUT2D eigenvalue weighted by Gasteiger charge is 2.17. The van der Waals surface area contributed by atoms with E-state index in [0.717, 1.165) is 47.9 Å². The molecule has 0 saturated heterocycles. The van der Waals surface area contributed by atoms with Crippen molar-refractivity contribution in [2.45, 2.75) is 45.3 Å². The first kappa shape index (κ1) is 20.2. The lowest BCUT2D eigenvalue weighted by Crippen LogP contribution is -2.08. The molecule has 7 heteroatoms. The van der Waals surface area contributed by atoms with Gasteiger partial charge in [0.05, 0.1) is 12.9 Å². The summed E-state index contributed by atoms with van der Waals surface area (Å²) >= 11 is 1.37. The van der Waals surface area contributed by atoms with Gasteiger partial charge in [0.15, 0.2) is 5.78 Å². The summed E-state index contributed by atoms with van der Waals surface area (Å²) in [5.41, 5.74) is 4.14. The average molecular weight is 399 g/mol. The molecule has 0 fully saturated rings. The van der Waals surface area contributed by atoms with Crippen molar-refractivity contribution in [2.24, 2.45) is 0 Å². The van der Waals surface area contributed by atoms with Crippen LogP contribution in [0.3, 0.4) is 0 Å². The van der Waals surface area contributed by atoms with Gasteiger partial charge in [0.2, 0.25) is 5.16 Å². The van der Waals surface area contributed by atoms with E-state index in [2.05, 4.69) is 31.9 Å². The lowest BCUT2D eigenvalue weighted by Gasteiger charge is -2.10. The predicted octanol–water partition coefficient (Wildman–Crippen LogP) is 4.01. The summed E-state index contributed by atoms with van der Waals surface area (Å²) in [7, 11) is 1.67. The number of H-pyrrole nitrogens is 1. The van der Waals surface area contributed by atoms with Gasteiger partial charge in [-0.15, -0.1) is 5.10 Å². The van der Waals surface area contributed by atoms with E-state index in [0.29, 0.717) is 10.9 Å². The Morgan fingerprint density at radius 1 is 1.25 bits per heavy atom. The third-order valence-corrected chi connectivity index (χ3v) is 5.68. The Balaban J connectivity index is 1.63. The van der Waals surface area contributed by atoms with Gasteiger partial charge in [0.25, 0.3) is 0 Å². The molecule has 0 saturated carbocycles. The zero-order valence-electron chi connectivity index (χ0n) is 16.8. The Hall–Kier alpha value is -2.54. The van der Waals surface area contributed by atoms with Gasteiger partial charge < -0.3 is 9.30 Å². The van der Waals surface area contributed by atoms with Gasteiger partial charge in [-0.1, -0.05) is 30.8 Å². The van der Waals surface area contributed by atoms with E-state index in [1.54, 1.807) is 7.11 Å². The van der Waals surface area contributed by atoms with Crippen LogP contribution in [-0.2, 0) is 19.4 Å². The third-order valence-electron chi connectivity index (χ3n) is 4.84. The molecule has 1 aromatic carbocycles. The number of rotatable bonds is 9. The minimum absolute atomic E-state index is 0.108. The van der Waals surface area contributed by atoms with Crippen LogP contribution in [-0.4, -0.2) is 38.4 Å². The molecule has 0 atom stereocenters. The molecule has 0 amide bonds. The maximum absolute atomic E-state index is 12.7. The Morgan fingerprint density at radius 2 is 2.00 bits per heavy atom. The van der Waals surface area contributed by atoms with Crippen LogP contribution < -0.4 is 4.74 Å². The summed E-state index contributed by atoms with van der Waals surface area (Å²) < 4.78 is 7.42. The highest BCUT2D eigenvalue weighted by Crippen LogP contribution is 2.21. The minimum atomic E-state index is 0.108. The molecule has 0 aliphatic carbocycles. The molecule has 0 spiro atoms. The molecule has 0 aliphatic rings. The van der Waals surface area contributed by atoms with Crippen molar-refractivity contribution in [2.75, 3.05) is 12.9 Å². The number of benzene rings is 1. The van der Waals surface area contributed by atoms with Crippen molar-refractivity contribution in [1.29, 1.82) is 0 Å². The second-order valence-electron chi connectivity index (χ2n) is 6.66. The highest BCUT2D eigenvalue weighted by atomic mass is 32.2. The number of aromatic amines is 1. The zero-order valence-corrected chi connectivity index (χ0v) is 17.6. The van der Waals surface area contributed by atoms with Gasteiger partial charge in [0.1, 0.15) is 11.6 Å². The van der Waals surface area contributed by atoms with Gasteiger partial charge in [0, 0.05) is 29.9 Å². The van der Waals surface area contributed by atoms with Crippen molar-refractivity contribution < 1.29 is 9.53 Å². The van der Waals surface area contributed by atoms with Crippen LogP contribution in [0.1, 0.15) is 40.1 Å². The van der Waals surface area contributed by atoms with Crippen molar-refractivity contribution in [3.8, 4) is 5.75 Å². The van der Waals surface area contributed by atoms with E-state index in [4.69, 9.17) is 4.74 Å². The maximum Gasteiger partial charge on any atom is 0.208 e. The van der Waals surface area contributed by atoms with Crippen LogP contribution in [0.2, 0.25) is 0 Å². The fourth-order valence-corrected chi connectivity index (χ4v) is 3.87. The smallest absolute Gasteiger partial charge is 0.208 e. The van der Waals surface area contributed by atoms with E-state index < -0.39 is 0 Å². The molecule has 3 aromatic rings. The van der Waals surface area contributed by atoms with Crippen LogP contribution in [0.15, 0.2) is 35.5 Å². The molecule has 2 heterocycles. The van der Waals surface area contributed by atoms with Crippen LogP contribution in [0.4, 0.5) is 0 Å². The first-order valence-electron chi connectivity index (χ1n) is 9.38. The van der Waals surface area contributed by atoms with Gasteiger partial charge in [-0.2, -0.15) is 0 Å². The van der Waals surface area contributed by atoms with Gasteiger partial charge in [-0.05, 0) is 44.0 Å². The van der Waals surface area contributed by atoms with Crippen molar-refractivity contribution in [1.82, 2.24) is 19.7 Å². The Kier molecular flexibility index (Phi) is 6.57. The monoisotopic (exact) mass is 398 g/mol. The molecule has 0 unspecified atom stereocenters. The number of thioether (sulfide) groups is 1. The fraction of sp³-hybridized carbons (Fsp3) is 0.381. The number of nitrogens with one attached hydrogen (secondary N) is 1. The van der Waals surface area contributed by atoms with Gasteiger partial charge in [-0.3, -0.25) is 9.89 Å². The van der Waals surface area contributed by atoms with Crippen molar-refractivity contribution in [3.05, 3.63) is 58.7 Å². The largest absolute Gasteiger partial charge is 0.497 e. The maximum atomic E-state index is 12.7. The second kappa shape index (κ2) is 9.10. The molecular formula is C21H26N4O2S. The highest BCUT2D eigenvalue weighted by molar-refractivity contribution is 7.99. The molecule has 0 radical (unpaired) electrons. The first-order valence-corrected chi connectivity index (χ1v) is 10.4. The first-order chi connectivity index (χ1) is 13.5. The van der Waals surface area contributed by atoms with Gasteiger partial charge in [-0.25, -0.2) is 4.98 Å². The summed E-state index contributed by atoms with van der Waals surface area (Å²) in [6.07, 6.45) is 1.70. The number of aryl methyl sites for hydroxylation is 3. The van der Waals surface area contributed by atoms with Crippen LogP contribution in [0.25, 0.3) is 0 Å². The van der Waals surface area contributed by atoms with Gasteiger partial charge >= 0.3 is 0 Å². The summed E-state index contributed by atoms with van der Waals surface area (Å²) in [6.45, 7) is 6.92. The number of ether oxygens (including phenoxy) is 1. The molecule has 0 bridgehead atoms. The molecule has 0 aliphatic heterocycles. The van der Waals surface area contributed by atoms with Crippen molar-refractivity contribution >= 4 is 17.5 Å². The summed E-state index contributed by atoms with van der Waals surface area (Å²) in [5, 5.41) is 7.64. The Bertz CT molecular complexity index is 944. The van der Waals surface area contributed by atoms with Crippen LogP contribution >= 0.6 is 11.8 Å². The fourth-order valence-electron chi connectivity index (χ4n) is 3.17. The molecule has 2 aromatic heterocycles. The number of Topliss-reactive ketones (excluding diaryl/α,β-unsaturated/α-hetero) is 1. The summed E-state index contributed by atoms with van der Waals surface area (Å²) in [4.78, 5) is 17.1. The lowest BCUT2D eigenvalue weighted by atomic mass is 10.1. The minimum Gasteiger partial charge on any atom is -0.497 e. The number of ketones is 1. The number of carbonyl (C=O) groups is 1. The Labute approximate surface area is 169 Å². The summed E-state index contributed by atoms with van der Waals surface area (Å²) in [5.74, 6) is 2.15. The number of hydrogen-bond acceptors (Lipinski definition) is 5. The standard InChI is InChI=1S/C21H26N4O2S/c1-5-20-22-21(24-23-20)28-13-19(26)18-12-14(2)25(15(18)3)11-10-16-6-8-17(27-4)9-7-16/h6-9,12H,5,10-11,13H2,1-4H3,(H,22,23,24). The van der Waals surface area contributed by atoms with E-state index >= 15 is 0 Å². The average Bonchev–Trinajstić information content (AvgIpc) is 3.29. The third kappa shape index (κ3) is 4.65. The topological polar surface area (TPSA) is 72.8 Å². The van der Waals surface area contributed by atoms with E-state index in [9.17, 15) is 4.79 Å². The SMILES string of the molecule is CCc1nc(SCC(=O)c2cc(C)n(CCc3ccc(OC)cc3)c2C)n[nH]1. The van der Waals surface area contributed by atoms with Crippen molar-refractivity contribution in [3.63, 3.8) is 0 Å². The predicted molar refractivity (Wildman–Crippen MR) is 111 cm³/mol. The van der Waals surface area contributed by atoms with E-state index in [1.165, 1.54) is 17.3 Å². The molecular weight excluding hydrogens is 372 g/mol. The van der Waals surface area contributed by atoms with Crippen LogP contribution in [0, 0.1) is 13.8 Å². The quantitative estimate of drug-likeness (QED) is 0.435. The second-order valence-corrected chi connectivity index (χ2v) is 7.61. The normalized spacial score (nSPS) is 11.0. The zero-order chi connectivity index (χ0) is 20.1. The number of aromatic nitrogens is 4. The lowest BCUT2D eigenvalue weighted by molar-refractivity contribution is 0.102. The number of carbonyl (C=O) groups excluding carboxylic acids is 1. The summed E-state index contributed by atoms with van der Waals surface area (Å²) in [6, 6.07) is 10.1. The molecule has 28 heavy (non-hydrogen) atoms. The van der Waals surface area contributed by atoms with E-state index in [1.807, 2.05) is 39.0 Å². The molecule has 1 N–H and O–H groups in total. The Morgan fingerprint density at radius 3 is 2.64 bits per heavy atom. The molecule has 148 valence electrons. The number of nitrogens with zero attached hydrogens (tertiary/aromatic N) is 3. The number of hydrogen-bond donors (Lipinski definition) is 1. The molecule has 3 rings (SSSR count). The number of methoxy groups -OCH3 is 1.